The molecular weight excluding hydrogens is 352 g/mol. The molecule has 4 nitrogen and oxygen atoms in total. The first-order valence-corrected chi connectivity index (χ1v) is 12.3. The highest BCUT2D eigenvalue weighted by Gasteiger charge is 2.27. The molecule has 0 saturated carbocycles. The van der Waals surface area contributed by atoms with Crippen LogP contribution in [0.2, 0.25) is 0 Å². The van der Waals surface area contributed by atoms with Gasteiger partial charge in [-0.1, -0.05) is 96.8 Å². The van der Waals surface area contributed by atoms with E-state index in [2.05, 4.69) is 6.92 Å². The van der Waals surface area contributed by atoms with Crippen LogP contribution in [0.4, 0.5) is 0 Å². The number of hydrogen-bond acceptors (Lipinski definition) is 4. The van der Waals surface area contributed by atoms with Crippen molar-refractivity contribution in [3.63, 3.8) is 0 Å². The van der Waals surface area contributed by atoms with Crippen molar-refractivity contribution < 1.29 is 18.9 Å². The highest BCUT2D eigenvalue weighted by atomic mass is 16.7. The van der Waals surface area contributed by atoms with E-state index in [1.807, 2.05) is 0 Å². The molecule has 166 valence electrons. The summed E-state index contributed by atoms with van der Waals surface area (Å²) in [6.07, 6.45) is 22.5. The summed E-state index contributed by atoms with van der Waals surface area (Å²) in [6, 6.07) is 0. The molecule has 0 bridgehead atoms. The standard InChI is InChI=1S/C24H46O4/c1-2-3-4-5-6-7-8-9-10-11-12-13-14-15-16-17-24(27-20-22-18-25-22)28-21-23-19-26-23/h22-24H,2-21H2,1H3. The zero-order chi connectivity index (χ0) is 19.7. The average Bonchev–Trinajstić information content (AvgIpc) is 3.61. The lowest BCUT2D eigenvalue weighted by atomic mass is 10.0. The molecule has 28 heavy (non-hydrogen) atoms. The van der Waals surface area contributed by atoms with Crippen molar-refractivity contribution in [3.05, 3.63) is 0 Å². The van der Waals surface area contributed by atoms with E-state index < -0.39 is 0 Å². The fourth-order valence-corrected chi connectivity index (χ4v) is 3.65. The van der Waals surface area contributed by atoms with Crippen molar-refractivity contribution in [1.29, 1.82) is 0 Å². The lowest BCUT2D eigenvalue weighted by Crippen LogP contribution is -2.22. The molecule has 2 unspecified atom stereocenters. The molecule has 0 amide bonds. The lowest BCUT2D eigenvalue weighted by molar-refractivity contribution is -0.151. The van der Waals surface area contributed by atoms with Crippen LogP contribution in [0.15, 0.2) is 0 Å². The van der Waals surface area contributed by atoms with E-state index in [1.165, 1.54) is 96.3 Å². The monoisotopic (exact) mass is 398 g/mol. The topological polar surface area (TPSA) is 43.5 Å². The third kappa shape index (κ3) is 14.8. The van der Waals surface area contributed by atoms with Crippen molar-refractivity contribution >= 4 is 0 Å². The zero-order valence-corrected chi connectivity index (χ0v) is 18.5. The van der Waals surface area contributed by atoms with Gasteiger partial charge in [-0.05, 0) is 12.8 Å². The maximum atomic E-state index is 5.86. The molecule has 0 spiro atoms. The number of unbranched alkanes of at least 4 members (excludes halogenated alkanes) is 14. The Morgan fingerprint density at radius 2 is 0.964 bits per heavy atom. The van der Waals surface area contributed by atoms with Gasteiger partial charge in [0.1, 0.15) is 12.2 Å². The van der Waals surface area contributed by atoms with E-state index in [4.69, 9.17) is 18.9 Å². The van der Waals surface area contributed by atoms with E-state index in [0.29, 0.717) is 25.4 Å². The van der Waals surface area contributed by atoms with Gasteiger partial charge in [-0.2, -0.15) is 0 Å². The minimum Gasteiger partial charge on any atom is -0.371 e. The van der Waals surface area contributed by atoms with E-state index in [1.54, 1.807) is 0 Å². The summed E-state index contributed by atoms with van der Waals surface area (Å²) in [7, 11) is 0. The van der Waals surface area contributed by atoms with Crippen LogP contribution in [0.1, 0.15) is 110 Å². The summed E-state index contributed by atoms with van der Waals surface area (Å²) in [5, 5.41) is 0. The van der Waals surface area contributed by atoms with Crippen molar-refractivity contribution in [1.82, 2.24) is 0 Å². The Labute approximate surface area is 174 Å². The summed E-state index contributed by atoms with van der Waals surface area (Å²) in [5.74, 6) is 0. The Balaban J connectivity index is 1.30. The van der Waals surface area contributed by atoms with E-state index in [0.717, 1.165) is 19.6 Å². The third-order valence-corrected chi connectivity index (χ3v) is 5.78. The van der Waals surface area contributed by atoms with E-state index in [-0.39, 0.29) is 6.29 Å². The second kappa shape index (κ2) is 16.6. The van der Waals surface area contributed by atoms with Gasteiger partial charge in [0, 0.05) is 0 Å². The number of hydrogen-bond donors (Lipinski definition) is 0. The lowest BCUT2D eigenvalue weighted by Gasteiger charge is -2.17. The molecule has 2 aliphatic rings. The Morgan fingerprint density at radius 1 is 0.607 bits per heavy atom. The minimum absolute atomic E-state index is 0.0737. The normalized spacial score (nSPS) is 21.8. The molecule has 4 heteroatoms. The molecular formula is C24H46O4. The predicted molar refractivity (Wildman–Crippen MR) is 115 cm³/mol. The average molecular weight is 399 g/mol. The van der Waals surface area contributed by atoms with Crippen LogP contribution in [-0.4, -0.2) is 44.9 Å². The quantitative estimate of drug-likeness (QED) is 0.120. The van der Waals surface area contributed by atoms with Crippen LogP contribution in [0, 0.1) is 0 Å². The smallest absolute Gasteiger partial charge is 0.157 e. The molecule has 0 aromatic rings. The molecule has 0 aromatic carbocycles. The van der Waals surface area contributed by atoms with Gasteiger partial charge >= 0.3 is 0 Å². The van der Waals surface area contributed by atoms with Gasteiger partial charge in [-0.25, -0.2) is 0 Å². The van der Waals surface area contributed by atoms with Crippen LogP contribution < -0.4 is 0 Å². The largest absolute Gasteiger partial charge is 0.371 e. The van der Waals surface area contributed by atoms with Crippen molar-refractivity contribution in [3.8, 4) is 0 Å². The van der Waals surface area contributed by atoms with Gasteiger partial charge in [0.2, 0.25) is 0 Å². The van der Waals surface area contributed by atoms with Gasteiger partial charge in [0.05, 0.1) is 26.4 Å². The predicted octanol–water partition coefficient (Wildman–Crippen LogP) is 6.40. The van der Waals surface area contributed by atoms with Crippen LogP contribution in [-0.2, 0) is 18.9 Å². The zero-order valence-electron chi connectivity index (χ0n) is 18.5. The number of epoxide rings is 2. The third-order valence-electron chi connectivity index (χ3n) is 5.78. The maximum absolute atomic E-state index is 5.86. The molecule has 2 atom stereocenters. The number of rotatable bonds is 22. The molecule has 2 heterocycles. The first-order chi connectivity index (χ1) is 13.9. The summed E-state index contributed by atoms with van der Waals surface area (Å²) in [6.45, 7) is 5.33. The first kappa shape index (κ1) is 24.1. The molecule has 0 aliphatic carbocycles. The summed E-state index contributed by atoms with van der Waals surface area (Å²) in [5.41, 5.74) is 0. The minimum atomic E-state index is -0.0737. The molecule has 0 aromatic heterocycles. The van der Waals surface area contributed by atoms with Gasteiger partial charge in [0.15, 0.2) is 6.29 Å². The summed E-state index contributed by atoms with van der Waals surface area (Å²) < 4.78 is 22.2. The second-order valence-electron chi connectivity index (χ2n) is 8.75. The first-order valence-electron chi connectivity index (χ1n) is 12.3. The highest BCUT2D eigenvalue weighted by Crippen LogP contribution is 2.18. The Bertz CT molecular complexity index is 325. The van der Waals surface area contributed by atoms with Crippen LogP contribution in [0.5, 0.6) is 0 Å². The Kier molecular flexibility index (Phi) is 14.3. The van der Waals surface area contributed by atoms with Gasteiger partial charge in [0.25, 0.3) is 0 Å². The fourth-order valence-electron chi connectivity index (χ4n) is 3.65. The summed E-state index contributed by atoms with van der Waals surface area (Å²) >= 11 is 0. The van der Waals surface area contributed by atoms with Crippen molar-refractivity contribution in [2.24, 2.45) is 0 Å². The Morgan fingerprint density at radius 3 is 1.32 bits per heavy atom. The number of ether oxygens (including phenoxy) is 4. The maximum Gasteiger partial charge on any atom is 0.157 e. The van der Waals surface area contributed by atoms with E-state index in [9.17, 15) is 0 Å². The fraction of sp³-hybridized carbons (Fsp3) is 1.00. The molecule has 2 saturated heterocycles. The molecule has 2 aliphatic heterocycles. The van der Waals surface area contributed by atoms with Crippen molar-refractivity contribution in [2.75, 3.05) is 26.4 Å². The van der Waals surface area contributed by atoms with Crippen LogP contribution in [0.3, 0.4) is 0 Å². The molecule has 2 rings (SSSR count). The van der Waals surface area contributed by atoms with Gasteiger partial charge in [-0.15, -0.1) is 0 Å². The highest BCUT2D eigenvalue weighted by molar-refractivity contribution is 4.70. The van der Waals surface area contributed by atoms with Crippen molar-refractivity contribution in [2.45, 2.75) is 128 Å². The van der Waals surface area contributed by atoms with Gasteiger partial charge in [-0.3, -0.25) is 0 Å². The SMILES string of the molecule is CCCCCCCCCCCCCCCCCC(OCC1CO1)OCC1CO1. The van der Waals surface area contributed by atoms with E-state index >= 15 is 0 Å². The molecule has 2 fully saturated rings. The molecule has 0 N–H and O–H groups in total. The summed E-state index contributed by atoms with van der Waals surface area (Å²) in [4.78, 5) is 0. The Hall–Kier alpha value is -0.160. The van der Waals surface area contributed by atoms with Gasteiger partial charge < -0.3 is 18.9 Å². The second-order valence-corrected chi connectivity index (χ2v) is 8.75. The van der Waals surface area contributed by atoms with Crippen LogP contribution in [0.25, 0.3) is 0 Å². The molecule has 0 radical (unpaired) electrons. The van der Waals surface area contributed by atoms with Crippen LogP contribution >= 0.6 is 0 Å².